The normalized spacial score (nSPS) is 25.3. The van der Waals surface area contributed by atoms with Crippen molar-refractivity contribution in [3.8, 4) is 0 Å². The van der Waals surface area contributed by atoms with Gasteiger partial charge in [0.15, 0.2) is 0 Å². The number of ether oxygens (including phenoxy) is 1. The minimum atomic E-state index is -3.48. The summed E-state index contributed by atoms with van der Waals surface area (Å²) in [6.07, 6.45) is 1.60. The lowest BCUT2D eigenvalue weighted by molar-refractivity contribution is 0.0699. The number of rotatable bonds is 3. The van der Waals surface area contributed by atoms with Gasteiger partial charge in [-0.05, 0) is 30.5 Å². The number of hydrogen-bond acceptors (Lipinski definition) is 3. The summed E-state index contributed by atoms with van der Waals surface area (Å²) >= 11 is 0. The first kappa shape index (κ1) is 14.9. The van der Waals surface area contributed by atoms with E-state index in [-0.39, 0.29) is 11.9 Å². The highest BCUT2D eigenvalue weighted by molar-refractivity contribution is 7.86. The second-order valence-electron chi connectivity index (χ2n) is 5.34. The monoisotopic (exact) mass is 314 g/mol. The molecule has 1 atom stereocenters. The summed E-state index contributed by atoms with van der Waals surface area (Å²) < 4.78 is 46.8. The Morgan fingerprint density at radius 3 is 2.43 bits per heavy atom. The van der Waals surface area contributed by atoms with Crippen LogP contribution in [-0.2, 0) is 14.9 Å². The van der Waals surface area contributed by atoms with Gasteiger partial charge in [0.2, 0.25) is 0 Å². The van der Waals surface area contributed by atoms with Crippen LogP contribution in [0.15, 0.2) is 24.3 Å². The summed E-state index contributed by atoms with van der Waals surface area (Å²) in [5.74, 6) is -0.306. The SMILES string of the molecule is O=S(=O)(N1CCOCC1)N1CCC[C@@H]1c1ccc(F)cc1. The van der Waals surface area contributed by atoms with Crippen molar-refractivity contribution in [2.24, 2.45) is 0 Å². The molecular formula is C14H19FN2O3S. The molecule has 116 valence electrons. The zero-order valence-corrected chi connectivity index (χ0v) is 12.6. The maximum atomic E-state index is 13.0. The van der Waals surface area contributed by atoms with Gasteiger partial charge < -0.3 is 4.74 Å². The lowest BCUT2D eigenvalue weighted by atomic mass is 10.1. The van der Waals surface area contributed by atoms with Gasteiger partial charge >= 0.3 is 0 Å². The Bertz CT molecular complexity index is 585. The molecule has 21 heavy (non-hydrogen) atoms. The summed E-state index contributed by atoms with van der Waals surface area (Å²) in [6.45, 7) is 2.19. The Morgan fingerprint density at radius 2 is 1.76 bits per heavy atom. The van der Waals surface area contributed by atoms with Crippen molar-refractivity contribution in [3.05, 3.63) is 35.6 Å². The van der Waals surface area contributed by atoms with Crippen LogP contribution in [0.3, 0.4) is 0 Å². The molecule has 2 fully saturated rings. The molecule has 1 aromatic carbocycles. The van der Waals surface area contributed by atoms with Crippen molar-refractivity contribution in [2.75, 3.05) is 32.8 Å². The van der Waals surface area contributed by atoms with Gasteiger partial charge in [-0.1, -0.05) is 12.1 Å². The Hall–Kier alpha value is -1.02. The lowest BCUT2D eigenvalue weighted by Gasteiger charge is -2.33. The topological polar surface area (TPSA) is 49.9 Å². The Kier molecular flexibility index (Phi) is 4.26. The molecule has 2 heterocycles. The van der Waals surface area contributed by atoms with Gasteiger partial charge in [0.25, 0.3) is 10.2 Å². The molecule has 2 aliphatic heterocycles. The van der Waals surface area contributed by atoms with E-state index in [2.05, 4.69) is 0 Å². The Labute approximate surface area is 124 Å². The number of nitrogens with zero attached hydrogens (tertiary/aromatic N) is 2. The molecule has 3 rings (SSSR count). The van der Waals surface area contributed by atoms with Gasteiger partial charge in [-0.2, -0.15) is 17.0 Å². The average molecular weight is 314 g/mol. The van der Waals surface area contributed by atoms with Crippen LogP contribution in [0.5, 0.6) is 0 Å². The molecule has 0 radical (unpaired) electrons. The highest BCUT2D eigenvalue weighted by Gasteiger charge is 2.39. The molecule has 5 nitrogen and oxygen atoms in total. The van der Waals surface area contributed by atoms with Crippen LogP contribution >= 0.6 is 0 Å². The Balaban J connectivity index is 1.84. The summed E-state index contributed by atoms with van der Waals surface area (Å²) in [5, 5.41) is 0. The van der Waals surface area contributed by atoms with E-state index in [1.807, 2.05) is 0 Å². The van der Waals surface area contributed by atoms with Gasteiger partial charge in [-0.25, -0.2) is 4.39 Å². The predicted octanol–water partition coefficient (Wildman–Crippen LogP) is 1.54. The molecule has 1 aromatic rings. The Morgan fingerprint density at radius 1 is 1.10 bits per heavy atom. The van der Waals surface area contributed by atoms with Crippen molar-refractivity contribution in [1.82, 2.24) is 8.61 Å². The van der Waals surface area contributed by atoms with E-state index in [9.17, 15) is 12.8 Å². The molecule has 0 saturated carbocycles. The van der Waals surface area contributed by atoms with E-state index in [0.717, 1.165) is 18.4 Å². The number of morpholine rings is 1. The third kappa shape index (κ3) is 2.96. The summed E-state index contributed by atoms with van der Waals surface area (Å²) in [4.78, 5) is 0. The van der Waals surface area contributed by atoms with Crippen molar-refractivity contribution >= 4 is 10.2 Å². The molecule has 2 saturated heterocycles. The minimum absolute atomic E-state index is 0.196. The van der Waals surface area contributed by atoms with Crippen molar-refractivity contribution in [2.45, 2.75) is 18.9 Å². The van der Waals surface area contributed by atoms with Crippen LogP contribution < -0.4 is 0 Å². The number of benzene rings is 1. The quantitative estimate of drug-likeness (QED) is 0.850. The molecule has 0 unspecified atom stereocenters. The van der Waals surface area contributed by atoms with E-state index in [4.69, 9.17) is 4.74 Å². The molecule has 2 aliphatic rings. The molecule has 7 heteroatoms. The summed E-state index contributed by atoms with van der Waals surface area (Å²) in [6, 6.07) is 5.92. The fraction of sp³-hybridized carbons (Fsp3) is 0.571. The molecule has 0 N–H and O–H groups in total. The standard InChI is InChI=1S/C14H19FN2O3S/c15-13-5-3-12(4-6-13)14-2-1-7-17(14)21(18,19)16-8-10-20-11-9-16/h3-6,14H,1-2,7-11H2/t14-/m1/s1. The molecule has 0 spiro atoms. The second-order valence-corrected chi connectivity index (χ2v) is 7.22. The smallest absolute Gasteiger partial charge is 0.282 e. The van der Waals surface area contributed by atoms with Gasteiger partial charge in [-0.15, -0.1) is 0 Å². The second kappa shape index (κ2) is 6.00. The van der Waals surface area contributed by atoms with Crippen molar-refractivity contribution in [1.29, 1.82) is 0 Å². The third-order valence-electron chi connectivity index (χ3n) is 4.05. The maximum Gasteiger partial charge on any atom is 0.282 e. The van der Waals surface area contributed by atoms with E-state index < -0.39 is 10.2 Å². The summed E-state index contributed by atoms with van der Waals surface area (Å²) in [7, 11) is -3.48. The fourth-order valence-corrected chi connectivity index (χ4v) is 4.78. The molecule has 0 aliphatic carbocycles. The molecular weight excluding hydrogens is 295 g/mol. The maximum absolute atomic E-state index is 13.0. The minimum Gasteiger partial charge on any atom is -0.379 e. The van der Waals surface area contributed by atoms with Crippen LogP contribution in [-0.4, -0.2) is 49.9 Å². The fourth-order valence-electron chi connectivity index (χ4n) is 2.96. The first-order valence-corrected chi connectivity index (χ1v) is 8.59. The van der Waals surface area contributed by atoms with Crippen molar-refractivity contribution in [3.63, 3.8) is 0 Å². The van der Waals surface area contributed by atoms with E-state index in [1.54, 1.807) is 16.4 Å². The van der Waals surface area contributed by atoms with Gasteiger partial charge in [0.05, 0.1) is 19.3 Å². The van der Waals surface area contributed by atoms with Crippen LogP contribution in [0.4, 0.5) is 4.39 Å². The van der Waals surface area contributed by atoms with Gasteiger partial charge in [0.1, 0.15) is 5.82 Å². The molecule has 0 aromatic heterocycles. The zero-order chi connectivity index (χ0) is 14.9. The first-order chi connectivity index (χ1) is 10.1. The lowest BCUT2D eigenvalue weighted by Crippen LogP contribution is -2.48. The molecule has 0 amide bonds. The van der Waals surface area contributed by atoms with Crippen LogP contribution in [0.2, 0.25) is 0 Å². The van der Waals surface area contributed by atoms with Gasteiger partial charge in [0, 0.05) is 19.6 Å². The third-order valence-corrected chi connectivity index (χ3v) is 6.10. The van der Waals surface area contributed by atoms with Crippen LogP contribution in [0, 0.1) is 5.82 Å². The molecule has 0 bridgehead atoms. The average Bonchev–Trinajstić information content (AvgIpc) is 2.99. The first-order valence-electron chi connectivity index (χ1n) is 7.19. The number of hydrogen-bond donors (Lipinski definition) is 0. The largest absolute Gasteiger partial charge is 0.379 e. The van der Waals surface area contributed by atoms with Crippen molar-refractivity contribution < 1.29 is 17.5 Å². The van der Waals surface area contributed by atoms with Crippen LogP contribution in [0.25, 0.3) is 0 Å². The zero-order valence-electron chi connectivity index (χ0n) is 11.7. The van der Waals surface area contributed by atoms with E-state index in [0.29, 0.717) is 32.8 Å². The summed E-state index contributed by atoms with van der Waals surface area (Å²) in [5.41, 5.74) is 0.853. The van der Waals surface area contributed by atoms with E-state index in [1.165, 1.54) is 16.4 Å². The highest BCUT2D eigenvalue weighted by atomic mass is 32.2. The van der Waals surface area contributed by atoms with Crippen LogP contribution in [0.1, 0.15) is 24.4 Å². The predicted molar refractivity (Wildman–Crippen MR) is 76.4 cm³/mol. The van der Waals surface area contributed by atoms with E-state index >= 15 is 0 Å². The van der Waals surface area contributed by atoms with Gasteiger partial charge in [-0.3, -0.25) is 0 Å². The number of halogens is 1. The highest BCUT2D eigenvalue weighted by Crippen LogP contribution is 2.35.